The third kappa shape index (κ3) is 2.09. The van der Waals surface area contributed by atoms with Gasteiger partial charge in [-0.15, -0.1) is 0 Å². The summed E-state index contributed by atoms with van der Waals surface area (Å²) in [6.45, 7) is 5.46. The molecule has 0 amide bonds. The normalized spacial score (nSPS) is 20.8. The van der Waals surface area contributed by atoms with E-state index < -0.39 is 0 Å². The number of rotatable bonds is 2. The SMILES string of the molecule is CC(C)C1CCCN1c1nc[nH]c(=O)c1I. The molecule has 0 aliphatic carbocycles. The molecule has 0 spiro atoms. The fourth-order valence-corrected chi connectivity index (χ4v) is 2.93. The minimum absolute atomic E-state index is 0.0417. The largest absolute Gasteiger partial charge is 0.352 e. The van der Waals surface area contributed by atoms with E-state index in [2.05, 4.69) is 51.3 Å². The zero-order valence-corrected chi connectivity index (χ0v) is 11.7. The second-order valence-corrected chi connectivity index (χ2v) is 5.59. The standard InChI is InChI=1S/C11H16IN3O/c1-7(2)8-4-3-5-15(8)10-9(12)11(16)14-6-13-10/h6-8H,3-5H2,1-2H3,(H,13,14,16). The fraction of sp³-hybridized carbons (Fsp3) is 0.636. The van der Waals surface area contributed by atoms with Crippen LogP contribution in [0.15, 0.2) is 11.1 Å². The molecule has 1 aromatic rings. The second kappa shape index (κ2) is 4.73. The molecule has 0 saturated carbocycles. The van der Waals surface area contributed by atoms with Crippen LogP contribution < -0.4 is 10.5 Å². The van der Waals surface area contributed by atoms with Crippen LogP contribution in [0.4, 0.5) is 5.82 Å². The molecule has 88 valence electrons. The van der Waals surface area contributed by atoms with E-state index in [1.54, 1.807) is 0 Å². The number of anilines is 1. The highest BCUT2D eigenvalue weighted by atomic mass is 127. The smallest absolute Gasteiger partial charge is 0.266 e. The summed E-state index contributed by atoms with van der Waals surface area (Å²) in [6.07, 6.45) is 3.88. The Kier molecular flexibility index (Phi) is 3.51. The molecular formula is C11H16IN3O. The van der Waals surface area contributed by atoms with Gasteiger partial charge in [0.25, 0.3) is 5.56 Å². The summed E-state index contributed by atoms with van der Waals surface area (Å²) in [5.41, 5.74) is -0.0417. The molecule has 4 nitrogen and oxygen atoms in total. The molecule has 1 fully saturated rings. The van der Waals surface area contributed by atoms with Crippen molar-refractivity contribution < 1.29 is 0 Å². The van der Waals surface area contributed by atoms with Crippen molar-refractivity contribution >= 4 is 28.4 Å². The maximum atomic E-state index is 11.5. The Hall–Kier alpha value is -0.590. The Morgan fingerprint density at radius 3 is 3.06 bits per heavy atom. The van der Waals surface area contributed by atoms with Gasteiger partial charge in [0.1, 0.15) is 9.39 Å². The van der Waals surface area contributed by atoms with Gasteiger partial charge in [-0.05, 0) is 41.4 Å². The van der Waals surface area contributed by atoms with Gasteiger partial charge in [-0.3, -0.25) is 4.79 Å². The van der Waals surface area contributed by atoms with Crippen LogP contribution in [0.25, 0.3) is 0 Å². The van der Waals surface area contributed by atoms with E-state index in [4.69, 9.17) is 0 Å². The first-order valence-electron chi connectivity index (χ1n) is 5.61. The zero-order chi connectivity index (χ0) is 11.7. The highest BCUT2D eigenvalue weighted by molar-refractivity contribution is 14.1. The third-order valence-corrected chi connectivity index (χ3v) is 4.09. The average molecular weight is 333 g/mol. The van der Waals surface area contributed by atoms with Crippen LogP contribution in [0, 0.1) is 9.49 Å². The van der Waals surface area contributed by atoms with Gasteiger partial charge in [-0.1, -0.05) is 13.8 Å². The minimum atomic E-state index is -0.0417. The molecule has 0 radical (unpaired) electrons. The van der Waals surface area contributed by atoms with Crippen molar-refractivity contribution in [1.82, 2.24) is 9.97 Å². The Labute approximate surface area is 109 Å². The van der Waals surface area contributed by atoms with Crippen molar-refractivity contribution in [3.05, 3.63) is 20.3 Å². The van der Waals surface area contributed by atoms with Crippen LogP contribution >= 0.6 is 22.6 Å². The van der Waals surface area contributed by atoms with E-state index in [0.717, 1.165) is 12.4 Å². The maximum absolute atomic E-state index is 11.5. The zero-order valence-electron chi connectivity index (χ0n) is 9.53. The number of hydrogen-bond donors (Lipinski definition) is 1. The lowest BCUT2D eigenvalue weighted by Gasteiger charge is -2.28. The highest BCUT2D eigenvalue weighted by Gasteiger charge is 2.29. The summed E-state index contributed by atoms with van der Waals surface area (Å²) < 4.78 is 0.702. The Morgan fingerprint density at radius 2 is 2.38 bits per heavy atom. The quantitative estimate of drug-likeness (QED) is 0.843. The van der Waals surface area contributed by atoms with E-state index in [0.29, 0.717) is 15.5 Å². The number of aromatic amines is 1. The number of hydrogen-bond acceptors (Lipinski definition) is 3. The predicted octanol–water partition coefficient (Wildman–Crippen LogP) is 2.00. The summed E-state index contributed by atoms with van der Waals surface area (Å²) >= 11 is 2.08. The van der Waals surface area contributed by atoms with Crippen LogP contribution in [0.1, 0.15) is 26.7 Å². The predicted molar refractivity (Wildman–Crippen MR) is 72.8 cm³/mol. The number of halogens is 1. The molecule has 1 N–H and O–H groups in total. The molecule has 5 heteroatoms. The monoisotopic (exact) mass is 333 g/mol. The summed E-state index contributed by atoms with van der Waals surface area (Å²) in [5, 5.41) is 0. The lowest BCUT2D eigenvalue weighted by molar-refractivity contribution is 0.489. The number of H-pyrrole nitrogens is 1. The van der Waals surface area contributed by atoms with E-state index in [-0.39, 0.29) is 5.56 Å². The Bertz CT molecular complexity index is 429. The molecule has 1 saturated heterocycles. The van der Waals surface area contributed by atoms with Gasteiger partial charge in [0.05, 0.1) is 6.33 Å². The van der Waals surface area contributed by atoms with Crippen molar-refractivity contribution in [1.29, 1.82) is 0 Å². The van der Waals surface area contributed by atoms with E-state index in [1.165, 1.54) is 19.2 Å². The molecule has 2 heterocycles. The first-order valence-corrected chi connectivity index (χ1v) is 6.69. The number of nitrogens with zero attached hydrogens (tertiary/aromatic N) is 2. The van der Waals surface area contributed by atoms with Crippen LogP contribution in [0.5, 0.6) is 0 Å². The topological polar surface area (TPSA) is 49.0 Å². The summed E-state index contributed by atoms with van der Waals surface area (Å²) in [6, 6.07) is 0.516. The van der Waals surface area contributed by atoms with Crippen molar-refractivity contribution in [2.75, 3.05) is 11.4 Å². The lowest BCUT2D eigenvalue weighted by Crippen LogP contribution is -2.35. The van der Waals surface area contributed by atoms with E-state index in [9.17, 15) is 4.79 Å². The van der Waals surface area contributed by atoms with Crippen LogP contribution in [-0.4, -0.2) is 22.6 Å². The van der Waals surface area contributed by atoms with Gasteiger partial charge < -0.3 is 9.88 Å². The van der Waals surface area contributed by atoms with Crippen molar-refractivity contribution in [3.8, 4) is 0 Å². The third-order valence-electron chi connectivity index (χ3n) is 3.12. The molecule has 0 aromatic carbocycles. The van der Waals surface area contributed by atoms with Crippen LogP contribution in [-0.2, 0) is 0 Å². The number of nitrogens with one attached hydrogen (secondary N) is 1. The second-order valence-electron chi connectivity index (χ2n) is 4.52. The molecule has 16 heavy (non-hydrogen) atoms. The van der Waals surface area contributed by atoms with Crippen molar-refractivity contribution in [2.24, 2.45) is 5.92 Å². The van der Waals surface area contributed by atoms with Crippen LogP contribution in [0.2, 0.25) is 0 Å². The molecule has 1 aliphatic heterocycles. The van der Waals surface area contributed by atoms with E-state index in [1.807, 2.05) is 0 Å². The highest BCUT2D eigenvalue weighted by Crippen LogP contribution is 2.29. The summed E-state index contributed by atoms with van der Waals surface area (Å²) in [4.78, 5) is 20.7. The lowest BCUT2D eigenvalue weighted by atomic mass is 10.0. The van der Waals surface area contributed by atoms with Gasteiger partial charge in [-0.25, -0.2) is 4.98 Å². The van der Waals surface area contributed by atoms with Gasteiger partial charge in [0.2, 0.25) is 0 Å². The van der Waals surface area contributed by atoms with Gasteiger partial charge in [0, 0.05) is 12.6 Å². The first kappa shape index (κ1) is 11.9. The van der Waals surface area contributed by atoms with Gasteiger partial charge in [0.15, 0.2) is 0 Å². The molecule has 0 bridgehead atoms. The number of aromatic nitrogens is 2. The minimum Gasteiger partial charge on any atom is -0.352 e. The Morgan fingerprint density at radius 1 is 1.62 bits per heavy atom. The maximum Gasteiger partial charge on any atom is 0.266 e. The first-order chi connectivity index (χ1) is 7.61. The summed E-state index contributed by atoms with van der Waals surface area (Å²) in [5.74, 6) is 1.44. The molecular weight excluding hydrogens is 317 g/mol. The van der Waals surface area contributed by atoms with E-state index >= 15 is 0 Å². The Balaban J connectivity index is 2.36. The van der Waals surface area contributed by atoms with Crippen molar-refractivity contribution in [3.63, 3.8) is 0 Å². The summed E-state index contributed by atoms with van der Waals surface area (Å²) in [7, 11) is 0. The van der Waals surface area contributed by atoms with Gasteiger partial charge in [-0.2, -0.15) is 0 Å². The van der Waals surface area contributed by atoms with Gasteiger partial charge >= 0.3 is 0 Å². The molecule has 2 rings (SSSR count). The molecule has 1 aromatic heterocycles. The van der Waals surface area contributed by atoms with Crippen LogP contribution in [0.3, 0.4) is 0 Å². The average Bonchev–Trinajstić information content (AvgIpc) is 2.70. The van der Waals surface area contributed by atoms with Crippen molar-refractivity contribution in [2.45, 2.75) is 32.7 Å². The molecule has 1 aliphatic rings. The fourth-order valence-electron chi connectivity index (χ4n) is 2.32. The molecule has 1 atom stereocenters. The molecule has 1 unspecified atom stereocenters.